The maximum absolute atomic E-state index is 12.2. The largest absolute Gasteiger partial charge is 0.481 e. The number of carboxylic acids is 1. The van der Waals surface area contributed by atoms with Crippen molar-refractivity contribution >= 4 is 5.97 Å². The van der Waals surface area contributed by atoms with Gasteiger partial charge in [-0.2, -0.15) is 0 Å². The van der Waals surface area contributed by atoms with Gasteiger partial charge >= 0.3 is 5.97 Å². The standard InChI is InChI=1S/C21H23NO2/c1-2-19(20(23)24)21(18-13-14-22-15-18,16-9-5-3-6-10-16)17-11-7-4-8-12-17/h2-12,18-19,22H,1,13-15H2,(H,23,24)/t18?,19-/m1/s1. The highest BCUT2D eigenvalue weighted by atomic mass is 16.4. The second-order valence-corrected chi connectivity index (χ2v) is 6.34. The molecule has 1 saturated heterocycles. The summed E-state index contributed by atoms with van der Waals surface area (Å²) in [7, 11) is 0. The molecule has 2 aromatic carbocycles. The minimum absolute atomic E-state index is 0.196. The Morgan fingerprint density at radius 2 is 1.67 bits per heavy atom. The molecule has 0 spiro atoms. The molecule has 0 saturated carbocycles. The molecule has 1 fully saturated rings. The highest BCUT2D eigenvalue weighted by Gasteiger charge is 2.50. The molecule has 1 aliphatic heterocycles. The summed E-state index contributed by atoms with van der Waals surface area (Å²) in [5, 5.41) is 13.4. The zero-order chi connectivity index (χ0) is 17.0. The first-order valence-electron chi connectivity index (χ1n) is 8.38. The Morgan fingerprint density at radius 1 is 1.12 bits per heavy atom. The molecule has 1 heterocycles. The maximum Gasteiger partial charge on any atom is 0.311 e. The fourth-order valence-electron chi connectivity index (χ4n) is 4.20. The monoisotopic (exact) mass is 321 g/mol. The normalized spacial score (nSPS) is 18.9. The summed E-state index contributed by atoms with van der Waals surface area (Å²) in [4.78, 5) is 12.2. The van der Waals surface area contributed by atoms with Crippen molar-refractivity contribution in [3.8, 4) is 0 Å². The second-order valence-electron chi connectivity index (χ2n) is 6.34. The molecule has 3 rings (SSSR count). The summed E-state index contributed by atoms with van der Waals surface area (Å²) in [6.45, 7) is 5.59. The lowest BCUT2D eigenvalue weighted by molar-refractivity contribution is -0.142. The molecular formula is C21H23NO2. The predicted octanol–water partition coefficient (Wildman–Crippen LogP) is 3.47. The van der Waals surface area contributed by atoms with Gasteiger partial charge in [-0.25, -0.2) is 0 Å². The molecule has 2 N–H and O–H groups in total. The van der Waals surface area contributed by atoms with Crippen LogP contribution in [-0.4, -0.2) is 24.2 Å². The first-order valence-corrected chi connectivity index (χ1v) is 8.38. The van der Waals surface area contributed by atoms with Gasteiger partial charge < -0.3 is 10.4 Å². The lowest BCUT2D eigenvalue weighted by Crippen LogP contribution is -2.47. The van der Waals surface area contributed by atoms with Crippen LogP contribution in [0.5, 0.6) is 0 Å². The van der Waals surface area contributed by atoms with E-state index in [1.807, 2.05) is 60.7 Å². The number of benzene rings is 2. The fraction of sp³-hybridized carbons (Fsp3) is 0.286. The quantitative estimate of drug-likeness (QED) is 0.801. The van der Waals surface area contributed by atoms with E-state index in [1.54, 1.807) is 6.08 Å². The highest BCUT2D eigenvalue weighted by Crippen LogP contribution is 2.48. The van der Waals surface area contributed by atoms with Crippen molar-refractivity contribution < 1.29 is 9.90 Å². The minimum atomic E-state index is -0.829. The Labute approximate surface area is 143 Å². The van der Waals surface area contributed by atoms with Gasteiger partial charge in [-0.15, -0.1) is 6.58 Å². The number of hydrogen-bond acceptors (Lipinski definition) is 2. The fourth-order valence-corrected chi connectivity index (χ4v) is 4.20. The number of rotatable bonds is 6. The lowest BCUT2D eigenvalue weighted by atomic mass is 9.58. The van der Waals surface area contributed by atoms with Crippen molar-refractivity contribution in [2.24, 2.45) is 11.8 Å². The summed E-state index contributed by atoms with van der Waals surface area (Å²) in [6, 6.07) is 20.1. The molecule has 1 aliphatic rings. The number of hydrogen-bond donors (Lipinski definition) is 2. The summed E-state index contributed by atoms with van der Waals surface area (Å²) in [5.74, 6) is -1.32. The van der Waals surface area contributed by atoms with Gasteiger partial charge in [0.2, 0.25) is 0 Å². The van der Waals surface area contributed by atoms with Crippen molar-refractivity contribution in [1.82, 2.24) is 5.32 Å². The lowest BCUT2D eigenvalue weighted by Gasteiger charge is -2.43. The van der Waals surface area contributed by atoms with E-state index in [0.717, 1.165) is 30.6 Å². The van der Waals surface area contributed by atoms with Gasteiger partial charge in [0.15, 0.2) is 0 Å². The Bertz CT molecular complexity index is 651. The van der Waals surface area contributed by atoms with E-state index in [-0.39, 0.29) is 5.92 Å². The van der Waals surface area contributed by atoms with Crippen LogP contribution in [0.1, 0.15) is 17.5 Å². The Morgan fingerprint density at radius 3 is 2.04 bits per heavy atom. The molecule has 24 heavy (non-hydrogen) atoms. The van der Waals surface area contributed by atoms with Crippen LogP contribution >= 0.6 is 0 Å². The number of carbonyl (C=O) groups is 1. The second kappa shape index (κ2) is 7.02. The van der Waals surface area contributed by atoms with Crippen LogP contribution in [-0.2, 0) is 10.2 Å². The van der Waals surface area contributed by atoms with Gasteiger partial charge in [-0.1, -0.05) is 66.7 Å². The molecule has 2 aromatic rings. The topological polar surface area (TPSA) is 49.3 Å². The number of aliphatic carboxylic acids is 1. The molecule has 0 bridgehead atoms. The number of carboxylic acid groups (broad SMARTS) is 1. The van der Waals surface area contributed by atoms with Gasteiger partial charge in [-0.3, -0.25) is 4.79 Å². The van der Waals surface area contributed by atoms with Crippen molar-refractivity contribution in [3.05, 3.63) is 84.4 Å². The Hall–Kier alpha value is -2.39. The van der Waals surface area contributed by atoms with Crippen molar-refractivity contribution in [2.45, 2.75) is 11.8 Å². The third kappa shape index (κ3) is 2.65. The molecule has 2 atom stereocenters. The smallest absolute Gasteiger partial charge is 0.311 e. The van der Waals surface area contributed by atoms with E-state index in [4.69, 9.17) is 0 Å². The van der Waals surface area contributed by atoms with Crippen LogP contribution in [0.25, 0.3) is 0 Å². The van der Waals surface area contributed by atoms with Gasteiger partial charge in [0, 0.05) is 5.41 Å². The third-order valence-corrected chi connectivity index (χ3v) is 5.20. The van der Waals surface area contributed by atoms with Gasteiger partial charge in [0.1, 0.15) is 0 Å². The van der Waals surface area contributed by atoms with Crippen molar-refractivity contribution in [1.29, 1.82) is 0 Å². The van der Waals surface area contributed by atoms with Gasteiger partial charge in [0.25, 0.3) is 0 Å². The molecule has 3 nitrogen and oxygen atoms in total. The molecule has 0 aliphatic carbocycles. The van der Waals surface area contributed by atoms with Gasteiger partial charge in [0.05, 0.1) is 5.92 Å². The average Bonchev–Trinajstić information content (AvgIpc) is 3.15. The first-order chi connectivity index (χ1) is 11.7. The Balaban J connectivity index is 2.31. The summed E-state index contributed by atoms with van der Waals surface area (Å²) >= 11 is 0. The van der Waals surface area contributed by atoms with E-state index in [9.17, 15) is 9.90 Å². The van der Waals surface area contributed by atoms with Crippen LogP contribution < -0.4 is 5.32 Å². The SMILES string of the molecule is C=C[C@H](C(=O)O)C(c1ccccc1)(c1ccccc1)C1CCNC1. The van der Waals surface area contributed by atoms with Crippen LogP contribution in [0, 0.1) is 11.8 Å². The first kappa shape index (κ1) is 16.5. The van der Waals surface area contributed by atoms with E-state index in [1.165, 1.54) is 0 Å². The average molecular weight is 321 g/mol. The summed E-state index contributed by atoms with van der Waals surface area (Å²) in [6.07, 6.45) is 2.54. The third-order valence-electron chi connectivity index (χ3n) is 5.20. The van der Waals surface area contributed by atoms with Crippen LogP contribution in [0.2, 0.25) is 0 Å². The highest BCUT2D eigenvalue weighted by molar-refractivity contribution is 5.76. The van der Waals surface area contributed by atoms with Gasteiger partial charge in [-0.05, 0) is 36.6 Å². The zero-order valence-corrected chi connectivity index (χ0v) is 13.7. The van der Waals surface area contributed by atoms with Crippen LogP contribution in [0.4, 0.5) is 0 Å². The Kier molecular flexibility index (Phi) is 4.81. The maximum atomic E-state index is 12.2. The molecule has 0 aromatic heterocycles. The summed E-state index contributed by atoms with van der Waals surface area (Å²) in [5.41, 5.74) is 1.45. The van der Waals surface area contributed by atoms with Crippen molar-refractivity contribution in [2.75, 3.05) is 13.1 Å². The molecule has 3 heteroatoms. The predicted molar refractivity (Wildman–Crippen MR) is 96.0 cm³/mol. The van der Waals surface area contributed by atoms with E-state index in [0.29, 0.717) is 0 Å². The minimum Gasteiger partial charge on any atom is -0.481 e. The summed E-state index contributed by atoms with van der Waals surface area (Å²) < 4.78 is 0. The molecule has 0 amide bonds. The van der Waals surface area contributed by atoms with E-state index in [2.05, 4.69) is 11.9 Å². The van der Waals surface area contributed by atoms with E-state index >= 15 is 0 Å². The molecule has 124 valence electrons. The van der Waals surface area contributed by atoms with Crippen molar-refractivity contribution in [3.63, 3.8) is 0 Å². The molecule has 1 unspecified atom stereocenters. The molecular weight excluding hydrogens is 298 g/mol. The van der Waals surface area contributed by atoms with Crippen LogP contribution in [0.15, 0.2) is 73.3 Å². The zero-order valence-electron chi connectivity index (χ0n) is 13.7. The van der Waals surface area contributed by atoms with Crippen LogP contribution in [0.3, 0.4) is 0 Å². The van der Waals surface area contributed by atoms with E-state index < -0.39 is 17.3 Å². The molecule has 0 radical (unpaired) electrons. The number of nitrogens with one attached hydrogen (secondary N) is 1.